The molecule has 5 rings (SSSR count). The lowest BCUT2D eigenvalue weighted by atomic mass is 9.73. The van der Waals surface area contributed by atoms with E-state index >= 15 is 0 Å². The van der Waals surface area contributed by atoms with Crippen molar-refractivity contribution < 1.29 is 9.53 Å². The quantitative estimate of drug-likeness (QED) is 0.589. The Bertz CT molecular complexity index is 949. The zero-order valence-corrected chi connectivity index (χ0v) is 21.2. The molecule has 2 aromatic rings. The molecule has 3 aliphatic rings. The van der Waals surface area contributed by atoms with Gasteiger partial charge in [-0.3, -0.25) is 14.7 Å². The van der Waals surface area contributed by atoms with Crippen LogP contribution >= 0.6 is 0 Å². The SMILES string of the molecule is O=C(C1CCCC1)N1CCC2(CCCCc3ccccc3OCCN(Cc3cccnc3)C2)CC1. The van der Waals surface area contributed by atoms with Crippen LogP contribution in [0.3, 0.4) is 0 Å². The van der Waals surface area contributed by atoms with Crippen molar-refractivity contribution in [2.45, 2.75) is 70.8 Å². The van der Waals surface area contributed by atoms with E-state index in [0.29, 0.717) is 18.4 Å². The van der Waals surface area contributed by atoms with Crippen LogP contribution in [0.5, 0.6) is 5.75 Å². The molecule has 0 N–H and O–H groups in total. The van der Waals surface area contributed by atoms with Crippen molar-refractivity contribution in [2.24, 2.45) is 11.3 Å². The van der Waals surface area contributed by atoms with Crippen molar-refractivity contribution in [3.05, 3.63) is 59.9 Å². The fourth-order valence-corrected chi connectivity index (χ4v) is 6.51. The highest BCUT2D eigenvalue weighted by Crippen LogP contribution is 2.39. The molecule has 1 aromatic heterocycles. The number of aryl methyl sites for hydroxylation is 1. The van der Waals surface area contributed by atoms with E-state index in [4.69, 9.17) is 4.74 Å². The maximum atomic E-state index is 13.1. The Hall–Kier alpha value is -2.40. The molecule has 1 spiro atoms. The fourth-order valence-electron chi connectivity index (χ4n) is 6.51. The summed E-state index contributed by atoms with van der Waals surface area (Å²) in [6.07, 6.45) is 15.5. The van der Waals surface area contributed by atoms with Crippen molar-refractivity contribution in [1.82, 2.24) is 14.8 Å². The summed E-state index contributed by atoms with van der Waals surface area (Å²) in [6, 6.07) is 12.7. The van der Waals surface area contributed by atoms with Crippen LogP contribution < -0.4 is 4.74 Å². The molecule has 0 bridgehead atoms. The second kappa shape index (κ2) is 11.6. The third-order valence-electron chi connectivity index (χ3n) is 8.57. The number of hydrogen-bond acceptors (Lipinski definition) is 4. The van der Waals surface area contributed by atoms with Gasteiger partial charge in [0.15, 0.2) is 0 Å². The zero-order chi connectivity index (χ0) is 23.9. The Morgan fingerprint density at radius 3 is 2.60 bits per heavy atom. The first-order chi connectivity index (χ1) is 17.2. The summed E-state index contributed by atoms with van der Waals surface area (Å²) in [5.74, 6) is 1.77. The van der Waals surface area contributed by atoms with Crippen molar-refractivity contribution >= 4 is 5.91 Å². The van der Waals surface area contributed by atoms with Crippen molar-refractivity contribution in [1.29, 1.82) is 0 Å². The number of benzene rings is 1. The van der Waals surface area contributed by atoms with E-state index in [9.17, 15) is 4.79 Å². The van der Waals surface area contributed by atoms with Crippen LogP contribution in [-0.4, -0.2) is 53.5 Å². The Morgan fingerprint density at radius 2 is 1.80 bits per heavy atom. The van der Waals surface area contributed by atoms with E-state index in [1.165, 1.54) is 43.2 Å². The van der Waals surface area contributed by atoms with Gasteiger partial charge in [-0.2, -0.15) is 0 Å². The number of hydrogen-bond donors (Lipinski definition) is 0. The van der Waals surface area contributed by atoms with Crippen LogP contribution in [-0.2, 0) is 17.8 Å². The number of nitrogens with zero attached hydrogens (tertiary/aromatic N) is 3. The minimum Gasteiger partial charge on any atom is -0.492 e. The number of amides is 1. The first kappa shape index (κ1) is 24.3. The van der Waals surface area contributed by atoms with Gasteiger partial charge < -0.3 is 9.64 Å². The number of likely N-dealkylation sites (tertiary alicyclic amines) is 1. The van der Waals surface area contributed by atoms with Gasteiger partial charge in [-0.15, -0.1) is 0 Å². The minimum absolute atomic E-state index is 0.271. The number of ether oxygens (including phenoxy) is 1. The molecule has 0 radical (unpaired) electrons. The summed E-state index contributed by atoms with van der Waals surface area (Å²) < 4.78 is 6.30. The second-order valence-corrected chi connectivity index (χ2v) is 11.0. The molecule has 35 heavy (non-hydrogen) atoms. The Morgan fingerprint density at radius 1 is 0.971 bits per heavy atom. The van der Waals surface area contributed by atoms with E-state index in [2.05, 4.69) is 45.1 Å². The second-order valence-electron chi connectivity index (χ2n) is 11.0. The van der Waals surface area contributed by atoms with Crippen LogP contribution in [0.25, 0.3) is 0 Å². The monoisotopic (exact) mass is 475 g/mol. The maximum Gasteiger partial charge on any atom is 0.225 e. The number of para-hydroxylation sites is 1. The van der Waals surface area contributed by atoms with Gasteiger partial charge in [0.25, 0.3) is 0 Å². The predicted molar refractivity (Wildman–Crippen MR) is 139 cm³/mol. The highest BCUT2D eigenvalue weighted by atomic mass is 16.5. The van der Waals surface area contributed by atoms with Crippen LogP contribution in [0.2, 0.25) is 0 Å². The molecule has 1 saturated carbocycles. The lowest BCUT2D eigenvalue weighted by Gasteiger charge is -2.45. The van der Waals surface area contributed by atoms with Crippen LogP contribution in [0, 0.1) is 11.3 Å². The van der Waals surface area contributed by atoms with Gasteiger partial charge in [-0.05, 0) is 73.6 Å². The topological polar surface area (TPSA) is 45.7 Å². The van der Waals surface area contributed by atoms with Crippen LogP contribution in [0.4, 0.5) is 0 Å². The average molecular weight is 476 g/mol. The standard InChI is InChI=1S/C30H41N3O2/c34-29(27-11-1-2-12-27)33-18-15-30(16-19-33)14-6-5-10-26-9-3-4-13-28(26)35-21-20-32(24-30)23-25-8-7-17-31-22-25/h3-4,7-9,13,17,22,27H,1-2,5-6,10-12,14-16,18-21,23-24H2. The van der Waals surface area contributed by atoms with Crippen LogP contribution in [0.1, 0.15) is 68.9 Å². The summed E-state index contributed by atoms with van der Waals surface area (Å²) in [5.41, 5.74) is 2.86. The first-order valence-corrected chi connectivity index (χ1v) is 13.8. The smallest absolute Gasteiger partial charge is 0.225 e. The summed E-state index contributed by atoms with van der Waals surface area (Å²) in [6.45, 7) is 5.41. The number of pyridine rings is 1. The summed E-state index contributed by atoms with van der Waals surface area (Å²) in [4.78, 5) is 22.2. The molecule has 0 atom stereocenters. The molecule has 0 unspecified atom stereocenters. The van der Waals surface area contributed by atoms with Crippen molar-refractivity contribution in [3.8, 4) is 5.75 Å². The molecule has 1 saturated heterocycles. The van der Waals surface area contributed by atoms with Crippen molar-refractivity contribution in [2.75, 3.05) is 32.8 Å². The van der Waals surface area contributed by atoms with Gasteiger partial charge in [0.05, 0.1) is 0 Å². The number of piperidine rings is 1. The molecule has 1 aliphatic carbocycles. The maximum absolute atomic E-state index is 13.1. The molecule has 1 aromatic carbocycles. The van der Waals surface area contributed by atoms with Gasteiger partial charge >= 0.3 is 0 Å². The number of aromatic nitrogens is 1. The lowest BCUT2D eigenvalue weighted by Crippen LogP contribution is -2.49. The highest BCUT2D eigenvalue weighted by Gasteiger charge is 2.38. The fraction of sp³-hybridized carbons (Fsp3) is 0.600. The average Bonchev–Trinajstić information content (AvgIpc) is 3.43. The predicted octanol–water partition coefficient (Wildman–Crippen LogP) is 5.49. The largest absolute Gasteiger partial charge is 0.492 e. The number of carbonyl (C=O) groups is 1. The first-order valence-electron chi connectivity index (χ1n) is 13.8. The summed E-state index contributed by atoms with van der Waals surface area (Å²) in [7, 11) is 0. The molecule has 1 amide bonds. The summed E-state index contributed by atoms with van der Waals surface area (Å²) >= 11 is 0. The van der Waals surface area contributed by atoms with Gasteiger partial charge in [-0.25, -0.2) is 0 Å². The van der Waals surface area contributed by atoms with Gasteiger partial charge in [0.2, 0.25) is 5.91 Å². The lowest BCUT2D eigenvalue weighted by molar-refractivity contribution is -0.138. The number of fused-ring (bicyclic) bond motifs is 1. The third-order valence-corrected chi connectivity index (χ3v) is 8.57. The molecule has 2 fully saturated rings. The van der Waals surface area contributed by atoms with Gasteiger partial charge in [0.1, 0.15) is 12.4 Å². The molecule has 3 heterocycles. The van der Waals surface area contributed by atoms with E-state index in [-0.39, 0.29) is 5.41 Å². The Labute approximate surface area is 210 Å². The number of rotatable bonds is 3. The molecular formula is C30H41N3O2. The van der Waals surface area contributed by atoms with E-state index in [0.717, 1.165) is 70.6 Å². The Balaban J connectivity index is 1.31. The third kappa shape index (κ3) is 6.24. The van der Waals surface area contributed by atoms with E-state index < -0.39 is 0 Å². The molecule has 5 heteroatoms. The normalized spacial score (nSPS) is 22.1. The van der Waals surface area contributed by atoms with E-state index in [1.54, 1.807) is 0 Å². The molecule has 2 aliphatic heterocycles. The molecule has 5 nitrogen and oxygen atoms in total. The zero-order valence-electron chi connectivity index (χ0n) is 21.2. The van der Waals surface area contributed by atoms with Gasteiger partial charge in [-0.1, -0.05) is 43.5 Å². The highest BCUT2D eigenvalue weighted by molar-refractivity contribution is 5.79. The minimum atomic E-state index is 0.271. The molecular weight excluding hydrogens is 434 g/mol. The molecule has 188 valence electrons. The summed E-state index contributed by atoms with van der Waals surface area (Å²) in [5, 5.41) is 0. The Kier molecular flexibility index (Phi) is 8.02. The van der Waals surface area contributed by atoms with Crippen LogP contribution in [0.15, 0.2) is 48.8 Å². The van der Waals surface area contributed by atoms with Crippen molar-refractivity contribution in [3.63, 3.8) is 0 Å². The van der Waals surface area contributed by atoms with Gasteiger partial charge in [0, 0.05) is 51.0 Å². The number of carbonyl (C=O) groups excluding carboxylic acids is 1. The van der Waals surface area contributed by atoms with E-state index in [1.807, 2.05) is 18.5 Å².